The number of amides is 4. The second-order valence-electron chi connectivity index (χ2n) is 21.4. The van der Waals surface area contributed by atoms with Gasteiger partial charge in [-0.15, -0.1) is 0 Å². The Kier molecular flexibility index (Phi) is 22.8. The van der Waals surface area contributed by atoms with E-state index in [1.54, 1.807) is 29.2 Å². The van der Waals surface area contributed by atoms with Crippen molar-refractivity contribution >= 4 is 40.7 Å². The summed E-state index contributed by atoms with van der Waals surface area (Å²) in [5.74, 6) is 0.809. The van der Waals surface area contributed by atoms with Crippen molar-refractivity contribution in [3.8, 4) is 0 Å². The fourth-order valence-corrected chi connectivity index (χ4v) is 11.6. The standard InChI is InChI=1S/C52H66FN9O5.C5H8O.2C2H6/c53-45-16-15-37(31-46-42-13-4-5-14-43(42)50(65)57-56-46)30-44(45)51(66)61-28-26-60(27-29-61)47(63)35-58-20-17-36(18-21-58)34-59-22-24-62(25-23-59)52(67)48(38-8-2-1-3-9-38)55-49(64)40-11-6-10-39(32-40)41-12-7-19-54-33-41;6-4-3-5-1-2-5;2*1-2/h4-6,10-11,13-16,30,32,36,38,41,48,54H,1-3,7-9,12,17-29,31,33-35H2,(H,55,64)(H,57,65);4-5H,1-3H2;2*1-2H3. The summed E-state index contributed by atoms with van der Waals surface area (Å²) in [7, 11) is 0. The molecular weight excluding hydrogens is 974 g/mol. The van der Waals surface area contributed by atoms with Gasteiger partial charge in [-0.3, -0.25) is 33.8 Å². The number of nitrogens with zero attached hydrogens (tertiary/aromatic N) is 6. The highest BCUT2D eigenvalue weighted by Gasteiger charge is 2.36. The molecule has 4 aliphatic heterocycles. The zero-order valence-electron chi connectivity index (χ0n) is 46.4. The Balaban J connectivity index is 0.000000790. The third kappa shape index (κ3) is 16.4. The summed E-state index contributed by atoms with van der Waals surface area (Å²) in [4.78, 5) is 87.1. The number of H-pyrrole nitrogens is 1. The van der Waals surface area contributed by atoms with Crippen molar-refractivity contribution in [3.05, 3.63) is 111 Å². The Bertz CT molecular complexity index is 2610. The third-order valence-electron chi connectivity index (χ3n) is 16.3. The smallest absolute Gasteiger partial charge is 0.272 e. The van der Waals surface area contributed by atoms with Gasteiger partial charge in [-0.05, 0) is 136 Å². The van der Waals surface area contributed by atoms with E-state index in [1.165, 1.54) is 30.9 Å². The molecule has 1 aromatic heterocycles. The zero-order chi connectivity index (χ0) is 54.7. The molecule has 10 rings (SSSR count). The summed E-state index contributed by atoms with van der Waals surface area (Å²) >= 11 is 0. The molecule has 0 spiro atoms. The van der Waals surface area contributed by atoms with Gasteiger partial charge >= 0.3 is 0 Å². The first kappa shape index (κ1) is 58.8. The predicted molar refractivity (Wildman–Crippen MR) is 301 cm³/mol. The van der Waals surface area contributed by atoms with Gasteiger partial charge in [-0.2, -0.15) is 5.10 Å². The van der Waals surface area contributed by atoms with Crippen LogP contribution in [0, 0.1) is 23.6 Å². The van der Waals surface area contributed by atoms with Gasteiger partial charge in [-0.1, -0.05) is 83.4 Å². The molecule has 2 saturated carbocycles. The van der Waals surface area contributed by atoms with Crippen LogP contribution >= 0.6 is 0 Å². The molecule has 6 fully saturated rings. The fourth-order valence-electron chi connectivity index (χ4n) is 11.6. The lowest BCUT2D eigenvalue weighted by atomic mass is 9.83. The third-order valence-corrected chi connectivity index (χ3v) is 16.3. The van der Waals surface area contributed by atoms with Crippen LogP contribution in [0.15, 0.2) is 71.5 Å². The van der Waals surface area contributed by atoms with Gasteiger partial charge in [0.25, 0.3) is 17.4 Å². The van der Waals surface area contributed by atoms with Gasteiger partial charge in [-0.25, -0.2) is 9.49 Å². The Labute approximate surface area is 456 Å². The van der Waals surface area contributed by atoms with E-state index in [0.29, 0.717) is 91.7 Å². The lowest BCUT2D eigenvalue weighted by Crippen LogP contribution is -2.57. The SMILES string of the molecule is CC.CC.O=C(NC(C(=O)N1CCN(CC2CCN(CC(=O)N3CCN(C(=O)c4cc(Cc5n[nH]c(=O)c6ccccc56)ccc4F)CC3)CC2)CC1)C1CCCCC1)c1cccc(C2CCCNC2)c1.O=CCC1CC1. The highest BCUT2D eigenvalue weighted by atomic mass is 19.1. The molecule has 4 aromatic rings. The molecule has 0 radical (unpaired) electrons. The van der Waals surface area contributed by atoms with E-state index in [9.17, 15) is 28.8 Å². The Morgan fingerprint density at radius 3 is 2.06 bits per heavy atom. The fraction of sp³-hybridized carbons (Fsp3) is 0.590. The maximum atomic E-state index is 15.1. The largest absolute Gasteiger partial charge is 0.340 e. The molecule has 4 saturated heterocycles. The number of piperazine rings is 2. The first-order chi connectivity index (χ1) is 37.6. The van der Waals surface area contributed by atoms with Crippen molar-refractivity contribution in [2.75, 3.05) is 91.6 Å². The lowest BCUT2D eigenvalue weighted by Gasteiger charge is -2.41. The molecule has 2 unspecified atom stereocenters. The molecule has 4 amide bonds. The topological polar surface area (TPSA) is 171 Å². The maximum Gasteiger partial charge on any atom is 0.272 e. The Morgan fingerprint density at radius 2 is 1.40 bits per heavy atom. The average molecular weight is 1060 g/mol. The number of aldehydes is 1. The molecule has 15 nitrogen and oxygen atoms in total. The number of benzene rings is 3. The van der Waals surface area contributed by atoms with Crippen LogP contribution in [-0.2, 0) is 20.8 Å². The molecule has 6 aliphatic rings. The van der Waals surface area contributed by atoms with Crippen molar-refractivity contribution in [3.63, 3.8) is 0 Å². The van der Waals surface area contributed by atoms with Crippen LogP contribution in [0.1, 0.15) is 148 Å². The molecule has 16 heteroatoms. The van der Waals surface area contributed by atoms with Gasteiger partial charge in [0.15, 0.2) is 0 Å². The molecule has 77 heavy (non-hydrogen) atoms. The molecule has 0 bridgehead atoms. The number of hydrogen-bond donors (Lipinski definition) is 3. The van der Waals surface area contributed by atoms with Crippen LogP contribution in [-0.4, -0.2) is 162 Å². The number of likely N-dealkylation sites (tertiary alicyclic amines) is 1. The number of aromatic amines is 1. The van der Waals surface area contributed by atoms with E-state index in [2.05, 4.69) is 36.7 Å². The number of aromatic nitrogens is 2. The zero-order valence-corrected chi connectivity index (χ0v) is 46.4. The number of nitrogens with one attached hydrogen (secondary N) is 3. The number of fused-ring (bicyclic) bond motifs is 1. The second kappa shape index (κ2) is 29.8. The van der Waals surface area contributed by atoms with Crippen LogP contribution in [0.3, 0.4) is 0 Å². The van der Waals surface area contributed by atoms with Crippen LogP contribution in [0.2, 0.25) is 0 Å². The van der Waals surface area contributed by atoms with Crippen molar-refractivity contribution in [2.24, 2.45) is 17.8 Å². The molecular formula is C61H86FN9O6. The Morgan fingerprint density at radius 1 is 0.714 bits per heavy atom. The average Bonchev–Trinajstić information content (AvgIpc) is 4.32. The first-order valence-electron chi connectivity index (χ1n) is 29.2. The van der Waals surface area contributed by atoms with E-state index < -0.39 is 17.8 Å². The summed E-state index contributed by atoms with van der Waals surface area (Å²) in [6, 6.07) is 19.2. The van der Waals surface area contributed by atoms with Crippen molar-refractivity contribution in [1.29, 1.82) is 0 Å². The Hall–Kier alpha value is -5.84. The second-order valence-corrected chi connectivity index (χ2v) is 21.4. The summed E-state index contributed by atoms with van der Waals surface area (Å²) in [6.45, 7) is 17.3. The molecule has 3 N–H and O–H groups in total. The van der Waals surface area contributed by atoms with E-state index in [-0.39, 0.29) is 34.8 Å². The van der Waals surface area contributed by atoms with E-state index in [4.69, 9.17) is 0 Å². The molecule has 2 atom stereocenters. The predicted octanol–water partition coefficient (Wildman–Crippen LogP) is 7.68. The molecule has 5 heterocycles. The lowest BCUT2D eigenvalue weighted by molar-refractivity contribution is -0.137. The number of rotatable bonds is 14. The minimum absolute atomic E-state index is 0.0157. The molecule has 3 aromatic carbocycles. The quantitative estimate of drug-likeness (QED) is 0.107. The van der Waals surface area contributed by atoms with Crippen LogP contribution in [0.5, 0.6) is 0 Å². The van der Waals surface area contributed by atoms with Gasteiger partial charge in [0, 0.05) is 89.2 Å². The summed E-state index contributed by atoms with van der Waals surface area (Å²) in [5, 5.41) is 14.7. The van der Waals surface area contributed by atoms with Gasteiger partial charge in [0.05, 0.1) is 23.2 Å². The van der Waals surface area contributed by atoms with E-state index in [0.717, 1.165) is 116 Å². The number of carbonyl (C=O) groups is 5. The minimum atomic E-state index is -0.599. The van der Waals surface area contributed by atoms with Gasteiger partial charge in [0.1, 0.15) is 18.1 Å². The number of carbonyl (C=O) groups excluding carboxylic acids is 5. The maximum absolute atomic E-state index is 15.1. The van der Waals surface area contributed by atoms with Crippen LogP contribution < -0.4 is 16.2 Å². The van der Waals surface area contributed by atoms with Crippen LogP contribution in [0.4, 0.5) is 4.39 Å². The number of piperidine rings is 2. The van der Waals surface area contributed by atoms with Crippen LogP contribution in [0.25, 0.3) is 10.8 Å². The van der Waals surface area contributed by atoms with Crippen molar-refractivity contribution in [2.45, 2.75) is 123 Å². The number of halogens is 1. The van der Waals surface area contributed by atoms with Crippen molar-refractivity contribution in [1.82, 2.24) is 45.3 Å². The van der Waals surface area contributed by atoms with Gasteiger partial charge < -0.3 is 30.1 Å². The minimum Gasteiger partial charge on any atom is -0.340 e. The number of hydrogen-bond acceptors (Lipinski definition) is 10. The molecule has 2 aliphatic carbocycles. The summed E-state index contributed by atoms with van der Waals surface area (Å²) in [6.07, 6.45) is 14.3. The molecule has 418 valence electrons. The monoisotopic (exact) mass is 1060 g/mol. The summed E-state index contributed by atoms with van der Waals surface area (Å²) < 4.78 is 15.1. The normalized spacial score (nSPS) is 20.1. The van der Waals surface area contributed by atoms with E-state index in [1.807, 2.05) is 67.8 Å². The highest BCUT2D eigenvalue weighted by Crippen LogP contribution is 2.31. The highest BCUT2D eigenvalue weighted by molar-refractivity contribution is 5.98. The van der Waals surface area contributed by atoms with Gasteiger partial charge in [0.2, 0.25) is 11.8 Å². The van der Waals surface area contributed by atoms with E-state index >= 15 is 4.39 Å². The first-order valence-corrected chi connectivity index (χ1v) is 29.2. The van der Waals surface area contributed by atoms with Crippen molar-refractivity contribution < 1.29 is 28.4 Å². The summed E-state index contributed by atoms with van der Waals surface area (Å²) in [5.41, 5.74) is 2.86.